The first-order chi connectivity index (χ1) is 11.4. The Labute approximate surface area is 141 Å². The maximum Gasteiger partial charge on any atom is 0.264 e. The number of amides is 1. The summed E-state index contributed by atoms with van der Waals surface area (Å²) in [5, 5.41) is 11.1. The van der Waals surface area contributed by atoms with Gasteiger partial charge in [0.2, 0.25) is 0 Å². The van der Waals surface area contributed by atoms with E-state index in [-0.39, 0.29) is 12.2 Å². The van der Waals surface area contributed by atoms with E-state index in [0.29, 0.717) is 23.4 Å². The van der Waals surface area contributed by atoms with Crippen molar-refractivity contribution < 1.29 is 14.7 Å². The number of carbonyl (C=O) groups excluding carboxylic acids is 2. The number of aryl methyl sites for hydroxylation is 2. The zero-order chi connectivity index (χ0) is 17.5. The fourth-order valence-electron chi connectivity index (χ4n) is 3.36. The number of fused-ring (bicyclic) bond motifs is 1. The number of carbonyl (C=O) groups is 2. The first kappa shape index (κ1) is 16.4. The fraction of sp³-hybridized carbons (Fsp3) is 0.300. The van der Waals surface area contributed by atoms with Crippen molar-refractivity contribution in [1.29, 1.82) is 0 Å². The molecule has 0 aliphatic carbocycles. The summed E-state index contributed by atoms with van der Waals surface area (Å²) >= 11 is 0. The topological polar surface area (TPSA) is 57.6 Å². The van der Waals surface area contributed by atoms with Gasteiger partial charge in [0.25, 0.3) is 5.91 Å². The van der Waals surface area contributed by atoms with Crippen LogP contribution in [0.2, 0.25) is 0 Å². The maximum absolute atomic E-state index is 12.8. The van der Waals surface area contributed by atoms with E-state index in [1.54, 1.807) is 18.2 Å². The van der Waals surface area contributed by atoms with Crippen molar-refractivity contribution >= 4 is 17.4 Å². The maximum atomic E-state index is 12.8. The molecule has 0 fully saturated rings. The molecule has 1 heterocycles. The van der Waals surface area contributed by atoms with Crippen LogP contribution < -0.4 is 4.90 Å². The Bertz CT molecular complexity index is 827. The summed E-state index contributed by atoms with van der Waals surface area (Å²) in [5.74, 6) is -0.648. The van der Waals surface area contributed by atoms with Crippen LogP contribution in [0.4, 0.5) is 5.69 Å². The van der Waals surface area contributed by atoms with Crippen molar-refractivity contribution in [1.82, 2.24) is 0 Å². The minimum absolute atomic E-state index is 0.222. The molecule has 0 saturated heterocycles. The number of benzene rings is 2. The molecule has 1 N–H and O–H groups in total. The molecule has 0 bridgehead atoms. The van der Waals surface area contributed by atoms with Gasteiger partial charge in [-0.25, -0.2) is 0 Å². The van der Waals surface area contributed by atoms with Crippen LogP contribution in [0.15, 0.2) is 42.5 Å². The molecule has 1 aliphatic heterocycles. The second-order valence-electron chi connectivity index (χ2n) is 6.35. The Morgan fingerprint density at radius 2 is 1.88 bits per heavy atom. The van der Waals surface area contributed by atoms with E-state index in [1.165, 1.54) is 4.90 Å². The molecular weight excluding hydrogens is 302 g/mol. The molecule has 4 nitrogen and oxygen atoms in total. The lowest BCUT2D eigenvalue weighted by molar-refractivity contribution is -0.135. The lowest BCUT2D eigenvalue weighted by atomic mass is 9.87. The number of nitrogens with zero attached hydrogens (tertiary/aromatic N) is 1. The summed E-state index contributed by atoms with van der Waals surface area (Å²) in [6, 6.07) is 12.8. The third-order valence-corrected chi connectivity index (χ3v) is 4.67. The molecule has 1 amide bonds. The van der Waals surface area contributed by atoms with Crippen LogP contribution in [0.3, 0.4) is 0 Å². The van der Waals surface area contributed by atoms with Gasteiger partial charge in [-0.2, -0.15) is 0 Å². The molecule has 0 aromatic heterocycles. The first-order valence-corrected chi connectivity index (χ1v) is 8.12. The smallest absolute Gasteiger partial charge is 0.264 e. The predicted octanol–water partition coefficient (Wildman–Crippen LogP) is 3.13. The van der Waals surface area contributed by atoms with E-state index in [0.717, 1.165) is 11.1 Å². The van der Waals surface area contributed by atoms with E-state index in [9.17, 15) is 14.7 Å². The van der Waals surface area contributed by atoms with Crippen molar-refractivity contribution in [3.05, 3.63) is 64.7 Å². The predicted molar refractivity (Wildman–Crippen MR) is 93.2 cm³/mol. The summed E-state index contributed by atoms with van der Waals surface area (Å²) in [7, 11) is 0. The monoisotopic (exact) mass is 323 g/mol. The number of likely N-dealkylation sites (N-methyl/N-ethyl adjacent to an activating group) is 1. The molecule has 124 valence electrons. The van der Waals surface area contributed by atoms with Crippen LogP contribution in [0.25, 0.3) is 0 Å². The molecule has 0 radical (unpaired) electrons. The molecule has 24 heavy (non-hydrogen) atoms. The van der Waals surface area contributed by atoms with Crippen LogP contribution >= 0.6 is 0 Å². The zero-order valence-corrected chi connectivity index (χ0v) is 14.2. The van der Waals surface area contributed by atoms with Crippen molar-refractivity contribution in [3.63, 3.8) is 0 Å². The Kier molecular flexibility index (Phi) is 4.01. The lowest BCUT2D eigenvalue weighted by Gasteiger charge is -2.22. The van der Waals surface area contributed by atoms with Gasteiger partial charge in [0, 0.05) is 17.7 Å². The molecule has 2 aromatic carbocycles. The highest BCUT2D eigenvalue weighted by Gasteiger charge is 2.50. The van der Waals surface area contributed by atoms with Crippen molar-refractivity contribution in [3.8, 4) is 0 Å². The van der Waals surface area contributed by atoms with Crippen LogP contribution in [0, 0.1) is 13.8 Å². The SMILES string of the molecule is CCN1C(=O)[C@](O)(CC(=O)c2cc(C)ccc2C)c2ccccc21. The Morgan fingerprint density at radius 1 is 1.17 bits per heavy atom. The van der Waals surface area contributed by atoms with Crippen LogP contribution in [-0.4, -0.2) is 23.3 Å². The van der Waals surface area contributed by atoms with E-state index >= 15 is 0 Å². The number of aliphatic hydroxyl groups is 1. The van der Waals surface area contributed by atoms with E-state index in [4.69, 9.17) is 0 Å². The Morgan fingerprint density at radius 3 is 2.58 bits per heavy atom. The number of hydrogen-bond acceptors (Lipinski definition) is 3. The van der Waals surface area contributed by atoms with Gasteiger partial charge in [0.05, 0.1) is 12.1 Å². The first-order valence-electron chi connectivity index (χ1n) is 8.12. The zero-order valence-electron chi connectivity index (χ0n) is 14.2. The normalized spacial score (nSPS) is 19.5. The summed E-state index contributed by atoms with van der Waals surface area (Å²) < 4.78 is 0. The third kappa shape index (κ3) is 2.43. The molecule has 0 unspecified atom stereocenters. The molecule has 3 rings (SSSR count). The quantitative estimate of drug-likeness (QED) is 0.880. The van der Waals surface area contributed by atoms with Crippen molar-refractivity contribution in [2.45, 2.75) is 32.8 Å². The second kappa shape index (κ2) is 5.87. The largest absolute Gasteiger partial charge is 0.375 e. The Balaban J connectivity index is 2.01. The van der Waals surface area contributed by atoms with Gasteiger partial charge in [0.15, 0.2) is 11.4 Å². The minimum atomic E-state index is -1.79. The van der Waals surface area contributed by atoms with Crippen LogP contribution in [0.1, 0.15) is 40.4 Å². The molecule has 4 heteroatoms. The lowest BCUT2D eigenvalue weighted by Crippen LogP contribution is -2.41. The summed E-state index contributed by atoms with van der Waals surface area (Å²) in [6.45, 7) is 6.09. The standard InChI is InChI=1S/C20H21NO3/c1-4-21-17-8-6-5-7-16(17)20(24,19(21)23)12-18(22)15-11-13(2)9-10-14(15)3/h5-11,24H,4,12H2,1-3H3/t20-/m0/s1. The van der Waals surface area contributed by atoms with Gasteiger partial charge in [-0.15, -0.1) is 0 Å². The fourth-order valence-corrected chi connectivity index (χ4v) is 3.36. The number of hydrogen-bond donors (Lipinski definition) is 1. The van der Waals surface area contributed by atoms with Crippen LogP contribution in [-0.2, 0) is 10.4 Å². The van der Waals surface area contributed by atoms with E-state index in [2.05, 4.69) is 0 Å². The van der Waals surface area contributed by atoms with E-state index < -0.39 is 11.5 Å². The van der Waals surface area contributed by atoms with Crippen LogP contribution in [0.5, 0.6) is 0 Å². The highest BCUT2D eigenvalue weighted by molar-refractivity contribution is 6.11. The Hall–Kier alpha value is -2.46. The number of anilines is 1. The van der Waals surface area contributed by atoms with Gasteiger partial charge >= 0.3 is 0 Å². The number of ketones is 1. The second-order valence-corrected chi connectivity index (χ2v) is 6.35. The number of Topliss-reactive ketones (excluding diaryl/α,β-unsaturated/α-hetero) is 1. The average molecular weight is 323 g/mol. The molecule has 1 aliphatic rings. The highest BCUT2D eigenvalue weighted by Crippen LogP contribution is 2.42. The van der Waals surface area contributed by atoms with Gasteiger partial charge in [-0.1, -0.05) is 35.9 Å². The minimum Gasteiger partial charge on any atom is -0.375 e. The van der Waals surface area contributed by atoms with Gasteiger partial charge < -0.3 is 10.0 Å². The number of para-hydroxylation sites is 1. The number of rotatable bonds is 4. The summed E-state index contributed by atoms with van der Waals surface area (Å²) in [5.41, 5.74) is 1.78. The van der Waals surface area contributed by atoms with Gasteiger partial charge in [-0.3, -0.25) is 9.59 Å². The molecule has 0 saturated carbocycles. The molecular formula is C20H21NO3. The molecule has 1 atom stereocenters. The average Bonchev–Trinajstić information content (AvgIpc) is 2.78. The van der Waals surface area contributed by atoms with Crippen molar-refractivity contribution in [2.24, 2.45) is 0 Å². The van der Waals surface area contributed by atoms with Gasteiger partial charge in [-0.05, 0) is 38.5 Å². The van der Waals surface area contributed by atoms with E-state index in [1.807, 2.05) is 45.0 Å². The van der Waals surface area contributed by atoms with Gasteiger partial charge in [0.1, 0.15) is 0 Å². The molecule has 2 aromatic rings. The summed E-state index contributed by atoms with van der Waals surface area (Å²) in [6.07, 6.45) is -0.246. The highest BCUT2D eigenvalue weighted by atomic mass is 16.3. The van der Waals surface area contributed by atoms with Crippen molar-refractivity contribution in [2.75, 3.05) is 11.4 Å². The molecule has 0 spiro atoms. The third-order valence-electron chi connectivity index (χ3n) is 4.67. The summed E-state index contributed by atoms with van der Waals surface area (Å²) in [4.78, 5) is 27.1.